The Morgan fingerprint density at radius 2 is 2.19 bits per heavy atom. The quantitative estimate of drug-likeness (QED) is 0.389. The first kappa shape index (κ1) is 15.4. The number of ketones is 1. The van der Waals surface area contributed by atoms with Crippen molar-refractivity contribution < 1.29 is 24.5 Å². The number of amides is 1. The van der Waals surface area contributed by atoms with Crippen LogP contribution in [0, 0.1) is 0 Å². The Morgan fingerprint density at radius 3 is 2.76 bits per heavy atom. The van der Waals surface area contributed by atoms with Crippen LogP contribution >= 0.6 is 0 Å². The smallest absolute Gasteiger partial charge is 0.275 e. The number of carbonyl (C=O) groups excluding carboxylic acids is 2. The van der Waals surface area contributed by atoms with E-state index in [1.54, 1.807) is 0 Å². The standard InChI is InChI=1S/C11H17N5O5/c1-6(19)11(12)14-9-8(10(20)15-11)16(4-13-9)5-21-7(2-17)3-18/h4,7,14,17-18H,2-3,5,12H2,1H3,(H,15,20). The number of imidazole rings is 1. The molecule has 1 unspecified atom stereocenters. The van der Waals surface area contributed by atoms with Gasteiger partial charge in [0.1, 0.15) is 12.8 Å². The van der Waals surface area contributed by atoms with E-state index in [1.165, 1.54) is 17.8 Å². The zero-order valence-corrected chi connectivity index (χ0v) is 11.4. The first-order chi connectivity index (χ1) is 9.91. The van der Waals surface area contributed by atoms with Crippen molar-refractivity contribution in [3.05, 3.63) is 12.0 Å². The van der Waals surface area contributed by atoms with Gasteiger partial charge in [0.05, 0.1) is 19.5 Å². The predicted octanol–water partition coefficient (Wildman–Crippen LogP) is -2.43. The normalized spacial score (nSPS) is 20.9. The molecule has 0 fully saturated rings. The number of aliphatic hydroxyl groups excluding tert-OH is 2. The molecule has 1 aromatic rings. The van der Waals surface area contributed by atoms with Gasteiger partial charge in [0.15, 0.2) is 17.3 Å². The molecule has 0 aromatic carbocycles. The number of hydrogen-bond acceptors (Lipinski definition) is 8. The Kier molecular flexibility index (Phi) is 4.23. The van der Waals surface area contributed by atoms with E-state index in [0.29, 0.717) is 0 Å². The summed E-state index contributed by atoms with van der Waals surface area (Å²) in [6.07, 6.45) is 0.572. The van der Waals surface area contributed by atoms with Crippen LogP contribution in [-0.2, 0) is 16.3 Å². The number of ether oxygens (including phenoxy) is 1. The molecule has 0 radical (unpaired) electrons. The highest BCUT2D eigenvalue weighted by molar-refractivity contribution is 6.05. The van der Waals surface area contributed by atoms with Crippen molar-refractivity contribution in [2.24, 2.45) is 5.73 Å². The third-order valence-corrected chi connectivity index (χ3v) is 3.09. The molecule has 0 aliphatic carbocycles. The average molecular weight is 299 g/mol. The number of hydrogen-bond donors (Lipinski definition) is 5. The van der Waals surface area contributed by atoms with Crippen LogP contribution in [0.5, 0.6) is 0 Å². The van der Waals surface area contributed by atoms with Gasteiger partial charge in [-0.1, -0.05) is 0 Å². The number of anilines is 1. The van der Waals surface area contributed by atoms with Crippen molar-refractivity contribution in [3.63, 3.8) is 0 Å². The highest BCUT2D eigenvalue weighted by Gasteiger charge is 2.40. The molecule has 1 aromatic heterocycles. The Balaban J connectivity index is 2.18. The molecule has 2 rings (SSSR count). The Labute approximate surface area is 119 Å². The lowest BCUT2D eigenvalue weighted by molar-refractivity contribution is -0.122. The molecular weight excluding hydrogens is 282 g/mol. The topological polar surface area (TPSA) is 152 Å². The molecule has 1 aliphatic rings. The minimum Gasteiger partial charge on any atom is -0.394 e. The number of aromatic nitrogens is 2. The number of Topliss-reactive ketones (excluding diaryl/α,β-unsaturated/α-hetero) is 1. The second-order valence-corrected chi connectivity index (χ2v) is 4.64. The van der Waals surface area contributed by atoms with E-state index >= 15 is 0 Å². The number of carbonyl (C=O) groups is 2. The van der Waals surface area contributed by atoms with Crippen molar-refractivity contribution in [1.82, 2.24) is 14.9 Å². The molecule has 10 heteroatoms. The molecule has 0 saturated carbocycles. The minimum atomic E-state index is -1.69. The lowest BCUT2D eigenvalue weighted by Crippen LogP contribution is -2.68. The molecule has 10 nitrogen and oxygen atoms in total. The van der Waals surface area contributed by atoms with Crippen LogP contribution < -0.4 is 16.4 Å². The fraction of sp³-hybridized carbons (Fsp3) is 0.545. The molecule has 116 valence electrons. The third-order valence-electron chi connectivity index (χ3n) is 3.09. The first-order valence-electron chi connectivity index (χ1n) is 6.20. The summed E-state index contributed by atoms with van der Waals surface area (Å²) in [5.74, 6) is -2.58. The minimum absolute atomic E-state index is 0.0964. The van der Waals surface area contributed by atoms with E-state index in [1.807, 2.05) is 0 Å². The number of rotatable bonds is 6. The van der Waals surface area contributed by atoms with Crippen molar-refractivity contribution in [1.29, 1.82) is 0 Å². The predicted molar refractivity (Wildman–Crippen MR) is 70.0 cm³/mol. The molecule has 6 N–H and O–H groups in total. The van der Waals surface area contributed by atoms with E-state index in [0.717, 1.165) is 0 Å². The molecule has 2 heterocycles. The van der Waals surface area contributed by atoms with Gasteiger partial charge in [-0.2, -0.15) is 0 Å². The first-order valence-corrected chi connectivity index (χ1v) is 6.20. The number of aliphatic hydroxyl groups is 2. The number of nitrogens with one attached hydrogen (secondary N) is 2. The fourth-order valence-electron chi connectivity index (χ4n) is 1.79. The summed E-state index contributed by atoms with van der Waals surface area (Å²) in [6.45, 7) is 0.439. The zero-order chi connectivity index (χ0) is 15.6. The van der Waals surface area contributed by atoms with Gasteiger partial charge in [0, 0.05) is 6.92 Å². The monoisotopic (exact) mass is 299 g/mol. The average Bonchev–Trinajstić information content (AvgIpc) is 2.83. The van der Waals surface area contributed by atoms with E-state index in [-0.39, 0.29) is 31.5 Å². The summed E-state index contributed by atoms with van der Waals surface area (Å²) >= 11 is 0. The molecule has 21 heavy (non-hydrogen) atoms. The number of nitrogens with two attached hydrogens (primary N) is 1. The van der Waals surface area contributed by atoms with E-state index in [2.05, 4.69) is 15.6 Å². The van der Waals surface area contributed by atoms with Gasteiger partial charge < -0.3 is 30.2 Å². The maximum atomic E-state index is 12.1. The second-order valence-electron chi connectivity index (χ2n) is 4.64. The maximum Gasteiger partial charge on any atom is 0.275 e. The molecule has 1 amide bonds. The van der Waals surface area contributed by atoms with Crippen LogP contribution in [0.25, 0.3) is 0 Å². The van der Waals surface area contributed by atoms with Gasteiger partial charge >= 0.3 is 0 Å². The van der Waals surface area contributed by atoms with Crippen molar-refractivity contribution in [3.8, 4) is 0 Å². The molecule has 0 spiro atoms. The zero-order valence-electron chi connectivity index (χ0n) is 11.4. The van der Waals surface area contributed by atoms with Gasteiger partial charge in [-0.25, -0.2) is 4.98 Å². The van der Waals surface area contributed by atoms with E-state index in [9.17, 15) is 9.59 Å². The summed E-state index contributed by atoms with van der Waals surface area (Å²) in [7, 11) is 0. The summed E-state index contributed by atoms with van der Waals surface area (Å²) in [5.41, 5.74) is 5.89. The number of nitrogens with zero attached hydrogens (tertiary/aromatic N) is 2. The SMILES string of the molecule is CC(=O)C1(N)NC(=O)c2c(ncn2COC(CO)CO)N1. The van der Waals surface area contributed by atoms with Crippen LogP contribution in [0.15, 0.2) is 6.33 Å². The Morgan fingerprint density at radius 1 is 1.52 bits per heavy atom. The van der Waals surface area contributed by atoms with Crippen LogP contribution in [0.2, 0.25) is 0 Å². The number of fused-ring (bicyclic) bond motifs is 1. The molecule has 1 aliphatic heterocycles. The summed E-state index contributed by atoms with van der Waals surface area (Å²) in [5, 5.41) is 22.8. The maximum absolute atomic E-state index is 12.1. The summed E-state index contributed by atoms with van der Waals surface area (Å²) in [6, 6.07) is 0. The molecular formula is C11H17N5O5. The van der Waals surface area contributed by atoms with E-state index in [4.69, 9.17) is 20.7 Å². The van der Waals surface area contributed by atoms with Crippen LogP contribution in [0.1, 0.15) is 17.4 Å². The van der Waals surface area contributed by atoms with Gasteiger partial charge in [-0.15, -0.1) is 0 Å². The van der Waals surface area contributed by atoms with Crippen molar-refractivity contribution in [2.75, 3.05) is 18.5 Å². The van der Waals surface area contributed by atoms with Crippen molar-refractivity contribution >= 4 is 17.5 Å². The summed E-state index contributed by atoms with van der Waals surface area (Å²) < 4.78 is 6.59. The van der Waals surface area contributed by atoms with Crippen LogP contribution in [0.3, 0.4) is 0 Å². The van der Waals surface area contributed by atoms with Gasteiger partial charge in [0.2, 0.25) is 5.79 Å². The van der Waals surface area contributed by atoms with Gasteiger partial charge in [-0.05, 0) is 0 Å². The molecule has 1 atom stereocenters. The fourth-order valence-corrected chi connectivity index (χ4v) is 1.79. The van der Waals surface area contributed by atoms with Crippen LogP contribution in [0.4, 0.5) is 5.82 Å². The Bertz CT molecular complexity index is 555. The molecule has 0 bridgehead atoms. The van der Waals surface area contributed by atoms with Gasteiger partial charge in [-0.3, -0.25) is 15.3 Å². The highest BCUT2D eigenvalue weighted by atomic mass is 16.5. The van der Waals surface area contributed by atoms with Crippen molar-refractivity contribution in [2.45, 2.75) is 25.5 Å². The summed E-state index contributed by atoms with van der Waals surface area (Å²) in [4.78, 5) is 27.5. The Hall–Kier alpha value is -2.01. The van der Waals surface area contributed by atoms with Crippen LogP contribution in [-0.4, -0.2) is 56.6 Å². The lowest BCUT2D eigenvalue weighted by atomic mass is 10.1. The second kappa shape index (κ2) is 5.77. The lowest BCUT2D eigenvalue weighted by Gasteiger charge is -2.33. The molecule has 0 saturated heterocycles. The van der Waals surface area contributed by atoms with Gasteiger partial charge in [0.25, 0.3) is 5.91 Å². The largest absolute Gasteiger partial charge is 0.394 e. The third kappa shape index (κ3) is 2.88. The van der Waals surface area contributed by atoms with E-state index < -0.39 is 23.6 Å². The highest BCUT2D eigenvalue weighted by Crippen LogP contribution is 2.21.